The number of nitrogens with zero attached hydrogens (tertiary/aromatic N) is 1. The van der Waals surface area contributed by atoms with Crippen LogP contribution in [0.2, 0.25) is 5.02 Å². The van der Waals surface area contributed by atoms with E-state index < -0.39 is 16.7 Å². The van der Waals surface area contributed by atoms with Crippen LogP contribution in [0.3, 0.4) is 0 Å². The van der Waals surface area contributed by atoms with E-state index in [2.05, 4.69) is 10.6 Å². The minimum absolute atomic E-state index is 0.0631. The molecule has 2 aromatic rings. The molecule has 0 aromatic heterocycles. The van der Waals surface area contributed by atoms with Crippen LogP contribution in [0.4, 0.5) is 17.1 Å². The summed E-state index contributed by atoms with van der Waals surface area (Å²) in [4.78, 5) is 33.8. The maximum Gasteiger partial charge on any atom is 0.314 e. The number of anilines is 2. The number of nitro benzene ring substituents is 1. The van der Waals surface area contributed by atoms with Crippen LogP contribution in [-0.2, 0) is 9.59 Å². The van der Waals surface area contributed by atoms with E-state index in [9.17, 15) is 19.7 Å². The first-order valence-corrected chi connectivity index (χ1v) is 6.47. The van der Waals surface area contributed by atoms with Crippen molar-refractivity contribution in [3.05, 3.63) is 63.7 Å². The summed E-state index contributed by atoms with van der Waals surface area (Å²) in [6, 6.07) is 11.9. The second-order valence-electron chi connectivity index (χ2n) is 4.16. The highest BCUT2D eigenvalue weighted by Gasteiger charge is 2.20. The lowest BCUT2D eigenvalue weighted by atomic mass is 10.2. The van der Waals surface area contributed by atoms with Gasteiger partial charge in [-0.3, -0.25) is 19.7 Å². The Morgan fingerprint density at radius 3 is 2.00 bits per heavy atom. The minimum atomic E-state index is -1.03. The number of nitro groups is 1. The average Bonchev–Trinajstić information content (AvgIpc) is 2.49. The Kier molecular flexibility index (Phi) is 4.70. The SMILES string of the molecule is O=C(Nc1ccccc1Cl)C(=O)Nc1ccccc1[N+](=O)[O-]. The van der Waals surface area contributed by atoms with E-state index in [1.165, 1.54) is 30.3 Å². The molecule has 7 nitrogen and oxygen atoms in total. The van der Waals surface area contributed by atoms with Crippen LogP contribution in [-0.4, -0.2) is 16.7 Å². The molecule has 0 saturated carbocycles. The van der Waals surface area contributed by atoms with Gasteiger partial charge >= 0.3 is 11.8 Å². The topological polar surface area (TPSA) is 101 Å². The fourth-order valence-corrected chi connectivity index (χ4v) is 1.84. The molecule has 2 amide bonds. The van der Waals surface area contributed by atoms with Gasteiger partial charge < -0.3 is 10.6 Å². The molecule has 0 unspecified atom stereocenters. The van der Waals surface area contributed by atoms with Crippen molar-refractivity contribution < 1.29 is 14.5 Å². The molecule has 2 N–H and O–H groups in total. The van der Waals surface area contributed by atoms with E-state index >= 15 is 0 Å². The van der Waals surface area contributed by atoms with Gasteiger partial charge in [0.15, 0.2) is 0 Å². The number of carbonyl (C=O) groups is 2. The molecule has 0 aliphatic carbocycles. The number of nitrogens with one attached hydrogen (secondary N) is 2. The van der Waals surface area contributed by atoms with Gasteiger partial charge in [-0.25, -0.2) is 0 Å². The predicted molar refractivity (Wildman–Crippen MR) is 81.8 cm³/mol. The van der Waals surface area contributed by atoms with Crippen LogP contribution < -0.4 is 10.6 Å². The molecule has 2 aromatic carbocycles. The highest BCUT2D eigenvalue weighted by Crippen LogP contribution is 2.23. The Morgan fingerprint density at radius 2 is 1.41 bits per heavy atom. The molecule has 0 bridgehead atoms. The van der Waals surface area contributed by atoms with Gasteiger partial charge in [0, 0.05) is 6.07 Å². The second kappa shape index (κ2) is 6.68. The fourth-order valence-electron chi connectivity index (χ4n) is 1.66. The zero-order valence-corrected chi connectivity index (χ0v) is 11.8. The molecular weight excluding hydrogens is 310 g/mol. The Labute approximate surface area is 130 Å². The maximum atomic E-state index is 11.8. The number of hydrogen-bond donors (Lipinski definition) is 2. The quantitative estimate of drug-likeness (QED) is 0.516. The Balaban J connectivity index is 2.11. The van der Waals surface area contributed by atoms with Crippen molar-refractivity contribution in [2.75, 3.05) is 10.6 Å². The monoisotopic (exact) mass is 319 g/mol. The zero-order chi connectivity index (χ0) is 16.1. The van der Waals surface area contributed by atoms with Gasteiger partial charge in [-0.1, -0.05) is 35.9 Å². The van der Waals surface area contributed by atoms with Gasteiger partial charge in [0.2, 0.25) is 0 Å². The van der Waals surface area contributed by atoms with E-state index in [0.717, 1.165) is 0 Å². The predicted octanol–water partition coefficient (Wildman–Crippen LogP) is 2.83. The molecule has 0 heterocycles. The Bertz CT molecular complexity index is 748. The van der Waals surface area contributed by atoms with Crippen LogP contribution in [0.25, 0.3) is 0 Å². The summed E-state index contributed by atoms with van der Waals surface area (Å²) in [5, 5.41) is 15.6. The van der Waals surface area contributed by atoms with Gasteiger partial charge in [0.1, 0.15) is 5.69 Å². The summed E-state index contributed by atoms with van der Waals surface area (Å²) in [6.07, 6.45) is 0. The first kappa shape index (κ1) is 15.5. The molecule has 0 aliphatic rings. The van der Waals surface area contributed by atoms with Gasteiger partial charge in [0.25, 0.3) is 5.69 Å². The van der Waals surface area contributed by atoms with Gasteiger partial charge in [0.05, 0.1) is 15.6 Å². The van der Waals surface area contributed by atoms with Gasteiger partial charge in [-0.05, 0) is 18.2 Å². The molecule has 0 atom stereocenters. The van der Waals surface area contributed by atoms with Crippen molar-refractivity contribution in [2.45, 2.75) is 0 Å². The van der Waals surface area contributed by atoms with Crippen molar-refractivity contribution in [3.63, 3.8) is 0 Å². The van der Waals surface area contributed by atoms with Crippen molar-refractivity contribution in [1.29, 1.82) is 0 Å². The summed E-state index contributed by atoms with van der Waals surface area (Å²) in [5.41, 5.74) is -0.0971. The summed E-state index contributed by atoms with van der Waals surface area (Å²) >= 11 is 5.86. The van der Waals surface area contributed by atoms with E-state index in [1.807, 2.05) is 0 Å². The molecule has 8 heteroatoms. The van der Waals surface area contributed by atoms with Gasteiger partial charge in [-0.2, -0.15) is 0 Å². The highest BCUT2D eigenvalue weighted by molar-refractivity contribution is 6.45. The average molecular weight is 320 g/mol. The maximum absolute atomic E-state index is 11.8. The molecular formula is C14H10ClN3O4. The third-order valence-corrected chi connectivity index (χ3v) is 3.01. The smallest absolute Gasteiger partial charge is 0.314 e. The minimum Gasteiger partial charge on any atom is -0.316 e. The standard InChI is InChI=1S/C14H10ClN3O4/c15-9-5-1-2-6-10(9)16-13(19)14(20)17-11-7-3-4-8-12(11)18(21)22/h1-8H,(H,16,19)(H,17,20). The van der Waals surface area contributed by atoms with Gasteiger partial charge in [-0.15, -0.1) is 0 Å². The number of benzene rings is 2. The Morgan fingerprint density at radius 1 is 0.909 bits per heavy atom. The van der Waals surface area contributed by atoms with E-state index in [-0.39, 0.29) is 22.1 Å². The fraction of sp³-hybridized carbons (Fsp3) is 0. The molecule has 0 fully saturated rings. The second-order valence-corrected chi connectivity index (χ2v) is 4.57. The lowest BCUT2D eigenvalue weighted by Gasteiger charge is -2.08. The molecule has 0 radical (unpaired) electrons. The molecule has 0 aliphatic heterocycles. The molecule has 112 valence electrons. The lowest BCUT2D eigenvalue weighted by Crippen LogP contribution is -2.29. The number of hydrogen-bond acceptors (Lipinski definition) is 4. The normalized spacial score (nSPS) is 9.86. The molecule has 22 heavy (non-hydrogen) atoms. The van der Waals surface area contributed by atoms with Crippen LogP contribution in [0.5, 0.6) is 0 Å². The van der Waals surface area contributed by atoms with Crippen molar-refractivity contribution in [2.24, 2.45) is 0 Å². The van der Waals surface area contributed by atoms with E-state index in [4.69, 9.17) is 11.6 Å². The first-order chi connectivity index (χ1) is 10.5. The number of para-hydroxylation sites is 3. The third kappa shape index (κ3) is 3.58. The first-order valence-electron chi connectivity index (χ1n) is 6.09. The molecule has 0 saturated heterocycles. The number of amides is 2. The summed E-state index contributed by atoms with van der Waals surface area (Å²) in [7, 11) is 0. The summed E-state index contributed by atoms with van der Waals surface area (Å²) < 4.78 is 0. The summed E-state index contributed by atoms with van der Waals surface area (Å²) in [5.74, 6) is -2.01. The van der Waals surface area contributed by atoms with Crippen molar-refractivity contribution in [3.8, 4) is 0 Å². The van der Waals surface area contributed by atoms with Crippen molar-refractivity contribution in [1.82, 2.24) is 0 Å². The van der Waals surface area contributed by atoms with Crippen LogP contribution >= 0.6 is 11.6 Å². The summed E-state index contributed by atoms with van der Waals surface area (Å²) in [6.45, 7) is 0. The number of rotatable bonds is 3. The highest BCUT2D eigenvalue weighted by atomic mass is 35.5. The number of carbonyl (C=O) groups excluding carboxylic acids is 2. The largest absolute Gasteiger partial charge is 0.316 e. The zero-order valence-electron chi connectivity index (χ0n) is 11.1. The Hall–Kier alpha value is -2.93. The van der Waals surface area contributed by atoms with E-state index in [1.54, 1.807) is 18.2 Å². The number of halogens is 1. The van der Waals surface area contributed by atoms with Crippen LogP contribution in [0.15, 0.2) is 48.5 Å². The molecule has 0 spiro atoms. The van der Waals surface area contributed by atoms with Crippen molar-refractivity contribution >= 4 is 40.5 Å². The van der Waals surface area contributed by atoms with E-state index in [0.29, 0.717) is 0 Å². The molecule has 2 rings (SSSR count). The lowest BCUT2D eigenvalue weighted by molar-refractivity contribution is -0.383. The van der Waals surface area contributed by atoms with Crippen LogP contribution in [0, 0.1) is 10.1 Å². The van der Waals surface area contributed by atoms with Crippen LogP contribution in [0.1, 0.15) is 0 Å². The third-order valence-electron chi connectivity index (χ3n) is 2.68.